The summed E-state index contributed by atoms with van der Waals surface area (Å²) >= 11 is 0. The van der Waals surface area contributed by atoms with Gasteiger partial charge in [-0.05, 0) is 12.1 Å². The third-order valence-corrected chi connectivity index (χ3v) is 2.71. The van der Waals surface area contributed by atoms with Crippen LogP contribution in [0.2, 0.25) is 0 Å². The zero-order valence-corrected chi connectivity index (χ0v) is 9.58. The second kappa shape index (κ2) is 5.61. The molecule has 4 heteroatoms. The van der Waals surface area contributed by atoms with Crippen molar-refractivity contribution in [3.05, 3.63) is 36.5 Å². The van der Waals surface area contributed by atoms with Crippen molar-refractivity contribution in [2.45, 2.75) is 0 Å². The summed E-state index contributed by atoms with van der Waals surface area (Å²) in [5.41, 5.74) is 1.92. The maximum atomic E-state index is 9.06. The van der Waals surface area contributed by atoms with Gasteiger partial charge in [0.2, 0.25) is 0 Å². The highest BCUT2D eigenvalue weighted by Gasteiger charge is 2.09. The van der Waals surface area contributed by atoms with Gasteiger partial charge in [0.15, 0.2) is 0 Å². The minimum atomic E-state index is 0.0661. The molecule has 0 aliphatic rings. The fraction of sp³-hybridized carbons (Fsp3) is 0.308. The van der Waals surface area contributed by atoms with Crippen molar-refractivity contribution in [3.8, 4) is 0 Å². The van der Waals surface area contributed by atoms with E-state index in [1.54, 1.807) is 6.20 Å². The Morgan fingerprint density at radius 2 is 1.71 bits per heavy atom. The molecule has 0 saturated carbocycles. The monoisotopic (exact) mass is 232 g/mol. The fourth-order valence-electron chi connectivity index (χ4n) is 1.95. The highest BCUT2D eigenvalue weighted by molar-refractivity contribution is 5.91. The number of aromatic nitrogens is 1. The third kappa shape index (κ3) is 2.54. The van der Waals surface area contributed by atoms with Crippen LogP contribution < -0.4 is 4.90 Å². The molecule has 0 aliphatic carbocycles. The smallest absolute Gasteiger partial charge is 0.0722 e. The maximum absolute atomic E-state index is 9.06. The van der Waals surface area contributed by atoms with Gasteiger partial charge in [-0.25, -0.2) is 0 Å². The molecular weight excluding hydrogens is 216 g/mol. The van der Waals surface area contributed by atoms with Crippen molar-refractivity contribution in [3.63, 3.8) is 0 Å². The van der Waals surface area contributed by atoms with Crippen molar-refractivity contribution in [2.75, 3.05) is 31.2 Å². The van der Waals surface area contributed by atoms with Crippen LogP contribution in [0.4, 0.5) is 5.69 Å². The number of aliphatic hydroxyl groups excluding tert-OH is 2. The molecule has 90 valence electrons. The van der Waals surface area contributed by atoms with E-state index in [9.17, 15) is 0 Å². The topological polar surface area (TPSA) is 56.6 Å². The molecule has 0 unspecified atom stereocenters. The maximum Gasteiger partial charge on any atom is 0.0722 e. The number of aliphatic hydroxyl groups is 2. The third-order valence-electron chi connectivity index (χ3n) is 2.71. The minimum Gasteiger partial charge on any atom is -0.395 e. The molecule has 0 bridgehead atoms. The molecule has 2 rings (SSSR count). The molecule has 0 aliphatic heterocycles. The Balaban J connectivity index is 2.44. The number of pyridine rings is 1. The van der Waals surface area contributed by atoms with Crippen LogP contribution in [0.1, 0.15) is 0 Å². The lowest BCUT2D eigenvalue weighted by molar-refractivity contribution is 0.281. The summed E-state index contributed by atoms with van der Waals surface area (Å²) in [7, 11) is 0. The van der Waals surface area contributed by atoms with Gasteiger partial charge in [0.1, 0.15) is 0 Å². The second-order valence-corrected chi connectivity index (χ2v) is 3.78. The van der Waals surface area contributed by atoms with Crippen LogP contribution in [0.25, 0.3) is 10.9 Å². The summed E-state index contributed by atoms with van der Waals surface area (Å²) in [5.74, 6) is 0. The van der Waals surface area contributed by atoms with E-state index in [0.29, 0.717) is 13.1 Å². The lowest BCUT2D eigenvalue weighted by atomic mass is 10.1. The summed E-state index contributed by atoms with van der Waals surface area (Å²) in [5, 5.41) is 19.2. The van der Waals surface area contributed by atoms with Gasteiger partial charge in [0.25, 0.3) is 0 Å². The molecule has 0 fully saturated rings. The zero-order valence-electron chi connectivity index (χ0n) is 9.58. The van der Waals surface area contributed by atoms with Gasteiger partial charge in [-0.15, -0.1) is 0 Å². The van der Waals surface area contributed by atoms with E-state index in [2.05, 4.69) is 4.98 Å². The van der Waals surface area contributed by atoms with E-state index < -0.39 is 0 Å². The SMILES string of the molecule is OCCN(CCO)c1ccnc2ccccc12. The van der Waals surface area contributed by atoms with E-state index in [1.165, 1.54) is 0 Å². The van der Waals surface area contributed by atoms with Crippen molar-refractivity contribution in [1.29, 1.82) is 0 Å². The summed E-state index contributed by atoms with van der Waals surface area (Å²) in [4.78, 5) is 6.26. The quantitative estimate of drug-likeness (QED) is 0.808. The highest BCUT2D eigenvalue weighted by atomic mass is 16.3. The van der Waals surface area contributed by atoms with E-state index in [4.69, 9.17) is 10.2 Å². The molecule has 17 heavy (non-hydrogen) atoms. The number of fused-ring (bicyclic) bond motifs is 1. The molecule has 0 saturated heterocycles. The van der Waals surface area contributed by atoms with E-state index in [-0.39, 0.29) is 13.2 Å². The number of hydrogen-bond donors (Lipinski definition) is 2. The standard InChI is InChI=1S/C13H16N2O2/c16-9-7-15(8-10-17)13-5-6-14-12-4-2-1-3-11(12)13/h1-6,16-17H,7-10H2. The van der Waals surface area contributed by atoms with E-state index >= 15 is 0 Å². The van der Waals surface area contributed by atoms with Crippen LogP contribution in [0, 0.1) is 0 Å². The van der Waals surface area contributed by atoms with Crippen LogP contribution in [-0.4, -0.2) is 41.5 Å². The van der Waals surface area contributed by atoms with Crippen LogP contribution in [-0.2, 0) is 0 Å². The van der Waals surface area contributed by atoms with Gasteiger partial charge in [-0.2, -0.15) is 0 Å². The molecule has 0 amide bonds. The van der Waals surface area contributed by atoms with Gasteiger partial charge in [0.05, 0.1) is 18.7 Å². The Hall–Kier alpha value is -1.65. The first-order valence-corrected chi connectivity index (χ1v) is 5.67. The Bertz CT molecular complexity index is 476. The number of benzene rings is 1. The average molecular weight is 232 g/mol. The van der Waals surface area contributed by atoms with Crippen molar-refractivity contribution < 1.29 is 10.2 Å². The first kappa shape index (κ1) is 11.8. The number of anilines is 1. The van der Waals surface area contributed by atoms with Crippen LogP contribution in [0.15, 0.2) is 36.5 Å². The van der Waals surface area contributed by atoms with E-state index in [1.807, 2.05) is 35.2 Å². The van der Waals surface area contributed by atoms with Crippen molar-refractivity contribution >= 4 is 16.6 Å². The average Bonchev–Trinajstić information content (AvgIpc) is 2.38. The van der Waals surface area contributed by atoms with Crippen LogP contribution >= 0.6 is 0 Å². The first-order chi connectivity index (χ1) is 8.36. The zero-order chi connectivity index (χ0) is 12.1. The first-order valence-electron chi connectivity index (χ1n) is 5.67. The molecule has 1 aromatic heterocycles. The molecule has 2 aromatic rings. The highest BCUT2D eigenvalue weighted by Crippen LogP contribution is 2.24. The van der Waals surface area contributed by atoms with Crippen molar-refractivity contribution in [2.24, 2.45) is 0 Å². The number of para-hydroxylation sites is 1. The molecular formula is C13H16N2O2. The van der Waals surface area contributed by atoms with Crippen molar-refractivity contribution in [1.82, 2.24) is 4.98 Å². The molecule has 1 aromatic carbocycles. The summed E-state index contributed by atoms with van der Waals surface area (Å²) < 4.78 is 0. The summed E-state index contributed by atoms with van der Waals surface area (Å²) in [6.45, 7) is 1.15. The minimum absolute atomic E-state index is 0.0661. The number of rotatable bonds is 5. The van der Waals surface area contributed by atoms with Gasteiger partial charge in [0, 0.05) is 30.4 Å². The second-order valence-electron chi connectivity index (χ2n) is 3.78. The molecule has 2 N–H and O–H groups in total. The van der Waals surface area contributed by atoms with Crippen LogP contribution in [0.3, 0.4) is 0 Å². The largest absolute Gasteiger partial charge is 0.395 e. The summed E-state index contributed by atoms with van der Waals surface area (Å²) in [6.07, 6.45) is 1.75. The van der Waals surface area contributed by atoms with E-state index in [0.717, 1.165) is 16.6 Å². The number of hydrogen-bond acceptors (Lipinski definition) is 4. The molecule has 0 atom stereocenters. The predicted molar refractivity (Wildman–Crippen MR) is 68.1 cm³/mol. The normalized spacial score (nSPS) is 10.7. The lowest BCUT2D eigenvalue weighted by Crippen LogP contribution is -2.29. The Morgan fingerprint density at radius 1 is 1.00 bits per heavy atom. The Labute approximate surface area is 100 Å². The number of nitrogens with zero attached hydrogens (tertiary/aromatic N) is 2. The van der Waals surface area contributed by atoms with Gasteiger partial charge >= 0.3 is 0 Å². The predicted octanol–water partition coefficient (Wildman–Crippen LogP) is 1.03. The van der Waals surface area contributed by atoms with Crippen LogP contribution in [0.5, 0.6) is 0 Å². The Kier molecular flexibility index (Phi) is 3.90. The lowest BCUT2D eigenvalue weighted by Gasteiger charge is -2.24. The molecule has 4 nitrogen and oxygen atoms in total. The van der Waals surface area contributed by atoms with Gasteiger partial charge in [-0.1, -0.05) is 18.2 Å². The van der Waals surface area contributed by atoms with Gasteiger partial charge < -0.3 is 15.1 Å². The summed E-state index contributed by atoms with van der Waals surface area (Å²) in [6, 6.07) is 9.77. The fourth-order valence-corrected chi connectivity index (χ4v) is 1.95. The molecule has 0 radical (unpaired) electrons. The molecule has 0 spiro atoms. The van der Waals surface area contributed by atoms with Gasteiger partial charge in [-0.3, -0.25) is 4.98 Å². The molecule has 1 heterocycles. The Morgan fingerprint density at radius 3 is 2.41 bits per heavy atom.